The molecule has 0 aromatic carbocycles. The molecule has 0 bridgehead atoms. The minimum atomic E-state index is -0.757. The lowest BCUT2D eigenvalue weighted by Crippen LogP contribution is -2.34. The van der Waals surface area contributed by atoms with Gasteiger partial charge in [-0.15, -0.1) is 0 Å². The standard InChI is InChI=1S/C14H24N2O3/c1-9(2)6-16(7-10(3)14(17)18)8-13-11(4)15-19-12(13)5/h9-10H,6-8H2,1-5H3,(H,17,18). The zero-order chi connectivity index (χ0) is 14.6. The number of carbonyl (C=O) groups is 1. The number of aryl methyl sites for hydroxylation is 2. The molecule has 1 N–H and O–H groups in total. The number of hydrogen-bond acceptors (Lipinski definition) is 4. The molecular formula is C14H24N2O3. The summed E-state index contributed by atoms with van der Waals surface area (Å²) in [6.45, 7) is 11.9. The average Bonchev–Trinajstić information content (AvgIpc) is 2.59. The zero-order valence-electron chi connectivity index (χ0n) is 12.4. The number of hydrogen-bond donors (Lipinski definition) is 1. The van der Waals surface area contributed by atoms with Crippen molar-refractivity contribution in [2.45, 2.75) is 41.2 Å². The van der Waals surface area contributed by atoms with Gasteiger partial charge in [0.15, 0.2) is 0 Å². The van der Waals surface area contributed by atoms with Crippen LogP contribution in [0.25, 0.3) is 0 Å². The van der Waals surface area contributed by atoms with Crippen molar-refractivity contribution < 1.29 is 14.4 Å². The highest BCUT2D eigenvalue weighted by Gasteiger charge is 2.20. The Morgan fingerprint density at radius 3 is 2.37 bits per heavy atom. The highest BCUT2D eigenvalue weighted by molar-refractivity contribution is 5.69. The minimum Gasteiger partial charge on any atom is -0.481 e. The number of rotatable bonds is 7. The molecule has 5 heteroatoms. The van der Waals surface area contributed by atoms with Crippen LogP contribution in [0.5, 0.6) is 0 Å². The van der Waals surface area contributed by atoms with E-state index in [0.717, 1.165) is 23.6 Å². The third-order valence-corrected chi connectivity index (χ3v) is 3.14. The number of carboxylic acids is 1. The first kappa shape index (κ1) is 15.7. The number of aliphatic carboxylic acids is 1. The van der Waals surface area contributed by atoms with Gasteiger partial charge in [-0.3, -0.25) is 9.69 Å². The molecule has 0 aliphatic carbocycles. The Morgan fingerprint density at radius 1 is 1.32 bits per heavy atom. The van der Waals surface area contributed by atoms with Gasteiger partial charge in [0.2, 0.25) is 0 Å². The van der Waals surface area contributed by atoms with Gasteiger partial charge in [-0.25, -0.2) is 0 Å². The summed E-state index contributed by atoms with van der Waals surface area (Å²) < 4.78 is 5.16. The van der Waals surface area contributed by atoms with Crippen molar-refractivity contribution >= 4 is 5.97 Å². The first-order chi connectivity index (χ1) is 8.81. The Morgan fingerprint density at radius 2 is 1.95 bits per heavy atom. The van der Waals surface area contributed by atoms with E-state index in [-0.39, 0.29) is 5.92 Å². The summed E-state index contributed by atoms with van der Waals surface area (Å²) in [5.74, 6) is 0.169. The van der Waals surface area contributed by atoms with E-state index in [9.17, 15) is 4.79 Å². The van der Waals surface area contributed by atoms with Crippen molar-refractivity contribution in [1.29, 1.82) is 0 Å². The molecule has 0 aliphatic rings. The third kappa shape index (κ3) is 4.67. The Balaban J connectivity index is 2.77. The molecule has 1 aromatic rings. The van der Waals surface area contributed by atoms with E-state index < -0.39 is 5.97 Å². The van der Waals surface area contributed by atoms with Crippen molar-refractivity contribution in [1.82, 2.24) is 10.1 Å². The maximum atomic E-state index is 11.0. The van der Waals surface area contributed by atoms with Gasteiger partial charge in [0.25, 0.3) is 0 Å². The number of nitrogens with zero attached hydrogens (tertiary/aromatic N) is 2. The predicted octanol–water partition coefficient (Wildman–Crippen LogP) is 2.47. The maximum absolute atomic E-state index is 11.0. The first-order valence-corrected chi connectivity index (χ1v) is 6.68. The molecule has 1 atom stereocenters. The molecule has 19 heavy (non-hydrogen) atoms. The Bertz CT molecular complexity index is 407. The lowest BCUT2D eigenvalue weighted by atomic mass is 10.1. The molecule has 108 valence electrons. The van der Waals surface area contributed by atoms with Crippen LogP contribution in [0.3, 0.4) is 0 Å². The zero-order valence-corrected chi connectivity index (χ0v) is 12.4. The van der Waals surface area contributed by atoms with Crippen LogP contribution < -0.4 is 0 Å². The monoisotopic (exact) mass is 268 g/mol. The van der Waals surface area contributed by atoms with E-state index in [1.54, 1.807) is 6.92 Å². The lowest BCUT2D eigenvalue weighted by Gasteiger charge is -2.25. The fraction of sp³-hybridized carbons (Fsp3) is 0.714. The van der Waals surface area contributed by atoms with Gasteiger partial charge in [-0.05, 0) is 19.8 Å². The maximum Gasteiger partial charge on any atom is 0.307 e. The van der Waals surface area contributed by atoms with Crippen LogP contribution in [0.1, 0.15) is 37.8 Å². The van der Waals surface area contributed by atoms with Gasteiger partial charge in [0, 0.05) is 25.2 Å². The number of aromatic nitrogens is 1. The van der Waals surface area contributed by atoms with Gasteiger partial charge in [-0.1, -0.05) is 25.9 Å². The molecule has 1 aromatic heterocycles. The summed E-state index contributed by atoms with van der Waals surface area (Å²) in [5, 5.41) is 13.0. The third-order valence-electron chi connectivity index (χ3n) is 3.14. The Kier molecular flexibility index (Phi) is 5.54. The predicted molar refractivity (Wildman–Crippen MR) is 72.9 cm³/mol. The molecule has 5 nitrogen and oxygen atoms in total. The molecule has 0 saturated carbocycles. The van der Waals surface area contributed by atoms with Crippen molar-refractivity contribution in [3.05, 3.63) is 17.0 Å². The van der Waals surface area contributed by atoms with Gasteiger partial charge in [0.1, 0.15) is 5.76 Å². The van der Waals surface area contributed by atoms with E-state index in [1.807, 2.05) is 13.8 Å². The molecule has 0 amide bonds. The molecule has 1 unspecified atom stereocenters. The fourth-order valence-electron chi connectivity index (χ4n) is 2.14. The second kappa shape index (κ2) is 6.70. The van der Waals surface area contributed by atoms with Crippen molar-refractivity contribution in [3.8, 4) is 0 Å². The Labute approximate surface area is 114 Å². The molecule has 0 fully saturated rings. The molecule has 0 saturated heterocycles. The van der Waals surface area contributed by atoms with Crippen LogP contribution in [0, 0.1) is 25.7 Å². The first-order valence-electron chi connectivity index (χ1n) is 6.68. The van der Waals surface area contributed by atoms with E-state index in [4.69, 9.17) is 9.63 Å². The molecule has 0 spiro atoms. The van der Waals surface area contributed by atoms with Gasteiger partial charge < -0.3 is 9.63 Å². The summed E-state index contributed by atoms with van der Waals surface area (Å²) >= 11 is 0. The second-order valence-electron chi connectivity index (χ2n) is 5.63. The summed E-state index contributed by atoms with van der Waals surface area (Å²) in [5.41, 5.74) is 1.95. The van der Waals surface area contributed by atoms with Crippen LogP contribution in [-0.4, -0.2) is 34.2 Å². The fourth-order valence-corrected chi connectivity index (χ4v) is 2.14. The molecule has 0 aliphatic heterocycles. The highest BCUT2D eigenvalue weighted by Crippen LogP contribution is 2.17. The SMILES string of the molecule is Cc1noc(C)c1CN(CC(C)C)CC(C)C(=O)O. The summed E-state index contributed by atoms with van der Waals surface area (Å²) in [7, 11) is 0. The minimum absolute atomic E-state index is 0.376. The van der Waals surface area contributed by atoms with E-state index in [2.05, 4.69) is 23.9 Å². The molecule has 0 radical (unpaired) electrons. The Hall–Kier alpha value is -1.36. The summed E-state index contributed by atoms with van der Waals surface area (Å²) in [4.78, 5) is 13.2. The topological polar surface area (TPSA) is 66.6 Å². The van der Waals surface area contributed by atoms with Crippen LogP contribution >= 0.6 is 0 Å². The lowest BCUT2D eigenvalue weighted by molar-refractivity contribution is -0.141. The molecule has 1 rings (SSSR count). The van der Waals surface area contributed by atoms with Crippen LogP contribution in [0.15, 0.2) is 4.52 Å². The summed E-state index contributed by atoms with van der Waals surface area (Å²) in [6.07, 6.45) is 0. The van der Waals surface area contributed by atoms with Crippen LogP contribution in [0.4, 0.5) is 0 Å². The largest absolute Gasteiger partial charge is 0.481 e. The average molecular weight is 268 g/mol. The molecule has 1 heterocycles. The van der Waals surface area contributed by atoms with Gasteiger partial charge in [-0.2, -0.15) is 0 Å². The van der Waals surface area contributed by atoms with E-state index in [1.165, 1.54) is 0 Å². The summed E-state index contributed by atoms with van der Waals surface area (Å²) in [6, 6.07) is 0. The quantitative estimate of drug-likeness (QED) is 0.823. The van der Waals surface area contributed by atoms with Crippen molar-refractivity contribution in [2.75, 3.05) is 13.1 Å². The molecular weight excluding hydrogens is 244 g/mol. The van der Waals surface area contributed by atoms with Crippen molar-refractivity contribution in [2.24, 2.45) is 11.8 Å². The van der Waals surface area contributed by atoms with Gasteiger partial charge in [0.05, 0.1) is 11.6 Å². The van der Waals surface area contributed by atoms with Crippen LogP contribution in [-0.2, 0) is 11.3 Å². The van der Waals surface area contributed by atoms with Crippen LogP contribution in [0.2, 0.25) is 0 Å². The van der Waals surface area contributed by atoms with Gasteiger partial charge >= 0.3 is 5.97 Å². The highest BCUT2D eigenvalue weighted by atomic mass is 16.5. The van der Waals surface area contributed by atoms with E-state index >= 15 is 0 Å². The number of carboxylic acid groups (broad SMARTS) is 1. The normalized spacial score (nSPS) is 13.2. The smallest absolute Gasteiger partial charge is 0.307 e. The second-order valence-corrected chi connectivity index (χ2v) is 5.63. The van der Waals surface area contributed by atoms with Crippen molar-refractivity contribution in [3.63, 3.8) is 0 Å². The van der Waals surface area contributed by atoms with E-state index in [0.29, 0.717) is 19.0 Å².